The maximum atomic E-state index is 13.6. The molecule has 0 unspecified atom stereocenters. The number of carbonyl (C=O) groups is 1. The molecule has 5 heteroatoms. The van der Waals surface area contributed by atoms with E-state index < -0.39 is 0 Å². The molecule has 0 bridgehead atoms. The molecule has 21 heavy (non-hydrogen) atoms. The Hall–Kier alpha value is -1.62. The predicted octanol–water partition coefficient (Wildman–Crippen LogP) is 2.32. The van der Waals surface area contributed by atoms with E-state index in [1.165, 1.54) is 12.1 Å². The Morgan fingerprint density at radius 1 is 1.43 bits per heavy atom. The molecule has 0 atom stereocenters. The van der Waals surface area contributed by atoms with Gasteiger partial charge in [0.15, 0.2) is 6.61 Å². The fraction of sp³-hybridized carbons (Fsp3) is 0.562. The zero-order valence-corrected chi connectivity index (χ0v) is 12.7. The third-order valence-electron chi connectivity index (χ3n) is 3.54. The van der Waals surface area contributed by atoms with Crippen LogP contribution in [0.3, 0.4) is 0 Å². The number of halogens is 1. The molecule has 0 aromatic heterocycles. The van der Waals surface area contributed by atoms with E-state index in [1.807, 2.05) is 0 Å². The average Bonchev–Trinajstić information content (AvgIpc) is 3.28. The number of hydrogen-bond donors (Lipinski definition) is 1. The lowest BCUT2D eigenvalue weighted by molar-refractivity contribution is -0.132. The van der Waals surface area contributed by atoms with Gasteiger partial charge in [0.2, 0.25) is 0 Å². The van der Waals surface area contributed by atoms with Crippen LogP contribution >= 0.6 is 0 Å². The third kappa shape index (κ3) is 5.01. The highest BCUT2D eigenvalue weighted by Gasteiger charge is 2.29. The Bertz CT molecular complexity index is 489. The van der Waals surface area contributed by atoms with Crippen molar-refractivity contribution in [1.82, 2.24) is 10.2 Å². The van der Waals surface area contributed by atoms with Crippen LogP contribution in [0.2, 0.25) is 0 Å². The van der Waals surface area contributed by atoms with Crippen LogP contribution in [-0.4, -0.2) is 37.0 Å². The van der Waals surface area contributed by atoms with Crippen LogP contribution in [0.5, 0.6) is 5.75 Å². The molecule has 1 aromatic carbocycles. The normalized spacial score (nSPS) is 14.0. The molecule has 0 radical (unpaired) electrons. The summed E-state index contributed by atoms with van der Waals surface area (Å²) in [7, 11) is 1.79. The summed E-state index contributed by atoms with van der Waals surface area (Å²) in [4.78, 5) is 13.6. The number of carbonyl (C=O) groups excluding carboxylic acids is 1. The minimum absolute atomic E-state index is 0.0434. The molecule has 1 aliphatic carbocycles. The maximum Gasteiger partial charge on any atom is 0.260 e. The molecule has 1 N–H and O–H groups in total. The molecule has 1 amide bonds. The van der Waals surface area contributed by atoms with Gasteiger partial charge in [0.1, 0.15) is 11.6 Å². The zero-order valence-electron chi connectivity index (χ0n) is 12.7. The molecular formula is C16H23FN2O2. The number of rotatable bonds is 8. The van der Waals surface area contributed by atoms with E-state index in [1.54, 1.807) is 18.0 Å². The minimum Gasteiger partial charge on any atom is -0.484 e. The largest absolute Gasteiger partial charge is 0.484 e. The summed E-state index contributed by atoms with van der Waals surface area (Å²) in [6, 6.07) is 4.93. The first-order valence-corrected chi connectivity index (χ1v) is 7.48. The summed E-state index contributed by atoms with van der Waals surface area (Å²) in [5.74, 6) is -0.00272. The number of ether oxygens (including phenoxy) is 1. The zero-order chi connectivity index (χ0) is 15.2. The minimum atomic E-state index is -0.344. The molecular weight excluding hydrogens is 271 g/mol. The Labute approximate surface area is 125 Å². The molecule has 4 nitrogen and oxygen atoms in total. The highest BCUT2D eigenvalue weighted by atomic mass is 19.1. The van der Waals surface area contributed by atoms with Crippen LogP contribution in [0.25, 0.3) is 0 Å². The van der Waals surface area contributed by atoms with Crippen molar-refractivity contribution in [3.05, 3.63) is 29.6 Å². The summed E-state index contributed by atoms with van der Waals surface area (Å²) < 4.78 is 19.0. The predicted molar refractivity (Wildman–Crippen MR) is 79.7 cm³/mol. The average molecular weight is 294 g/mol. The smallest absolute Gasteiger partial charge is 0.260 e. The van der Waals surface area contributed by atoms with Crippen molar-refractivity contribution in [3.63, 3.8) is 0 Å². The van der Waals surface area contributed by atoms with E-state index in [0.29, 0.717) is 18.3 Å². The molecule has 0 saturated heterocycles. The third-order valence-corrected chi connectivity index (χ3v) is 3.54. The number of nitrogens with one attached hydrogen (secondary N) is 1. The van der Waals surface area contributed by atoms with E-state index in [0.717, 1.165) is 31.4 Å². The van der Waals surface area contributed by atoms with Gasteiger partial charge in [-0.1, -0.05) is 6.92 Å². The Balaban J connectivity index is 1.88. The van der Waals surface area contributed by atoms with Crippen LogP contribution in [0.4, 0.5) is 4.39 Å². The van der Waals surface area contributed by atoms with Crippen molar-refractivity contribution in [3.8, 4) is 5.75 Å². The van der Waals surface area contributed by atoms with E-state index in [-0.39, 0.29) is 18.3 Å². The Morgan fingerprint density at radius 2 is 2.19 bits per heavy atom. The summed E-state index contributed by atoms with van der Waals surface area (Å²) in [6.07, 6.45) is 3.16. The molecule has 116 valence electrons. The molecule has 0 spiro atoms. The molecule has 1 aliphatic rings. The second-order valence-corrected chi connectivity index (χ2v) is 5.50. The van der Waals surface area contributed by atoms with Gasteiger partial charge in [-0.2, -0.15) is 0 Å². The van der Waals surface area contributed by atoms with Crippen molar-refractivity contribution in [1.29, 1.82) is 0 Å². The number of nitrogens with zero attached hydrogens (tertiary/aromatic N) is 1. The van der Waals surface area contributed by atoms with Gasteiger partial charge in [-0.05, 0) is 43.5 Å². The maximum absolute atomic E-state index is 13.6. The Kier molecular flexibility index (Phi) is 5.56. The monoisotopic (exact) mass is 294 g/mol. The van der Waals surface area contributed by atoms with Crippen molar-refractivity contribution >= 4 is 5.91 Å². The molecule has 1 saturated carbocycles. The lowest BCUT2D eigenvalue weighted by Gasteiger charge is -2.16. The lowest BCUT2D eigenvalue weighted by Crippen LogP contribution is -2.33. The fourth-order valence-corrected chi connectivity index (χ4v) is 2.13. The SMILES string of the molecule is CCCNCc1cc(F)cc(OCC(=O)N(C)C2CC2)c1. The second-order valence-electron chi connectivity index (χ2n) is 5.50. The van der Waals surface area contributed by atoms with Gasteiger partial charge in [-0.3, -0.25) is 4.79 Å². The van der Waals surface area contributed by atoms with Crippen LogP contribution < -0.4 is 10.1 Å². The standard InChI is InChI=1S/C16H23FN2O2/c1-3-6-18-10-12-7-13(17)9-15(8-12)21-11-16(20)19(2)14-4-5-14/h7-9,14,18H,3-6,10-11H2,1-2H3. The van der Waals surface area contributed by atoms with Crippen molar-refractivity contribution in [2.24, 2.45) is 0 Å². The van der Waals surface area contributed by atoms with E-state index in [2.05, 4.69) is 12.2 Å². The number of benzene rings is 1. The number of likely N-dealkylation sites (N-methyl/N-ethyl adjacent to an activating group) is 1. The first-order valence-electron chi connectivity index (χ1n) is 7.48. The van der Waals surface area contributed by atoms with Gasteiger partial charge < -0.3 is 15.0 Å². The van der Waals surface area contributed by atoms with E-state index >= 15 is 0 Å². The van der Waals surface area contributed by atoms with Crippen LogP contribution in [-0.2, 0) is 11.3 Å². The topological polar surface area (TPSA) is 41.6 Å². The number of hydrogen-bond acceptors (Lipinski definition) is 3. The molecule has 0 aliphatic heterocycles. The first kappa shape index (κ1) is 15.8. The van der Waals surface area contributed by atoms with Gasteiger partial charge in [-0.15, -0.1) is 0 Å². The van der Waals surface area contributed by atoms with Crippen LogP contribution in [0.15, 0.2) is 18.2 Å². The molecule has 1 fully saturated rings. The van der Waals surface area contributed by atoms with Gasteiger partial charge in [0.05, 0.1) is 0 Å². The highest BCUT2D eigenvalue weighted by molar-refractivity contribution is 5.78. The lowest BCUT2D eigenvalue weighted by atomic mass is 10.2. The van der Waals surface area contributed by atoms with Gasteiger partial charge in [-0.25, -0.2) is 4.39 Å². The van der Waals surface area contributed by atoms with Gasteiger partial charge in [0, 0.05) is 25.7 Å². The first-order chi connectivity index (χ1) is 10.1. The quantitative estimate of drug-likeness (QED) is 0.748. The van der Waals surface area contributed by atoms with Crippen LogP contribution in [0, 0.1) is 5.82 Å². The van der Waals surface area contributed by atoms with Gasteiger partial charge in [0.25, 0.3) is 5.91 Å². The molecule has 0 heterocycles. The van der Waals surface area contributed by atoms with Crippen molar-refractivity contribution < 1.29 is 13.9 Å². The fourth-order valence-electron chi connectivity index (χ4n) is 2.13. The number of amides is 1. The molecule has 1 aromatic rings. The summed E-state index contributed by atoms with van der Waals surface area (Å²) in [6.45, 7) is 3.52. The van der Waals surface area contributed by atoms with Crippen LogP contribution in [0.1, 0.15) is 31.7 Å². The molecule has 2 rings (SSSR count). The summed E-state index contributed by atoms with van der Waals surface area (Å²) in [5, 5.41) is 3.21. The summed E-state index contributed by atoms with van der Waals surface area (Å²) >= 11 is 0. The van der Waals surface area contributed by atoms with Crippen molar-refractivity contribution in [2.45, 2.75) is 38.8 Å². The van der Waals surface area contributed by atoms with E-state index in [4.69, 9.17) is 4.74 Å². The van der Waals surface area contributed by atoms with Gasteiger partial charge >= 0.3 is 0 Å². The summed E-state index contributed by atoms with van der Waals surface area (Å²) in [5.41, 5.74) is 0.821. The van der Waals surface area contributed by atoms with E-state index in [9.17, 15) is 9.18 Å². The highest BCUT2D eigenvalue weighted by Crippen LogP contribution is 2.25. The Morgan fingerprint density at radius 3 is 2.86 bits per heavy atom. The second kappa shape index (κ2) is 7.41. The van der Waals surface area contributed by atoms with Crippen molar-refractivity contribution in [2.75, 3.05) is 20.2 Å².